The largest absolute Gasteiger partial charge is 0.298 e. The highest BCUT2D eigenvalue weighted by atomic mass is 35.5. The van der Waals surface area contributed by atoms with Crippen molar-refractivity contribution in [3.63, 3.8) is 0 Å². The molecule has 3 aromatic rings. The van der Waals surface area contributed by atoms with Crippen LogP contribution < -0.4 is 5.32 Å². The maximum atomic E-state index is 12.0. The molecule has 4 nitrogen and oxygen atoms in total. The van der Waals surface area contributed by atoms with Gasteiger partial charge < -0.3 is 0 Å². The SMILES string of the molecule is O=C(Nc1nc(-c2ccccc2Cl)cs1)c1ccncc1. The lowest BCUT2D eigenvalue weighted by molar-refractivity contribution is 0.102. The van der Waals surface area contributed by atoms with Gasteiger partial charge >= 0.3 is 0 Å². The molecule has 6 heteroatoms. The van der Waals surface area contributed by atoms with E-state index in [2.05, 4.69) is 15.3 Å². The second-order valence-electron chi connectivity index (χ2n) is 4.21. The molecule has 0 saturated carbocycles. The van der Waals surface area contributed by atoms with Crippen molar-refractivity contribution in [3.05, 3.63) is 64.8 Å². The molecule has 0 saturated heterocycles. The molecule has 0 atom stereocenters. The van der Waals surface area contributed by atoms with E-state index in [1.165, 1.54) is 11.3 Å². The second-order valence-corrected chi connectivity index (χ2v) is 5.47. The molecule has 1 amide bonds. The first-order valence-corrected chi connectivity index (χ1v) is 7.41. The Kier molecular flexibility index (Phi) is 3.94. The number of rotatable bonds is 3. The number of nitrogens with zero attached hydrogens (tertiary/aromatic N) is 2. The number of hydrogen-bond donors (Lipinski definition) is 1. The van der Waals surface area contributed by atoms with Crippen molar-refractivity contribution in [1.82, 2.24) is 9.97 Å². The number of hydrogen-bond acceptors (Lipinski definition) is 4. The third-order valence-electron chi connectivity index (χ3n) is 2.82. The van der Waals surface area contributed by atoms with Crippen LogP contribution in [0.15, 0.2) is 54.2 Å². The first-order chi connectivity index (χ1) is 10.2. The van der Waals surface area contributed by atoms with Gasteiger partial charge in [0.15, 0.2) is 5.13 Å². The molecule has 104 valence electrons. The Bertz CT molecular complexity index is 773. The molecule has 0 aliphatic carbocycles. The minimum absolute atomic E-state index is 0.211. The zero-order valence-electron chi connectivity index (χ0n) is 10.8. The molecule has 1 aromatic carbocycles. The Hall–Kier alpha value is -2.24. The first kappa shape index (κ1) is 13.7. The summed E-state index contributed by atoms with van der Waals surface area (Å²) in [6.07, 6.45) is 3.15. The van der Waals surface area contributed by atoms with Gasteiger partial charge in [-0.2, -0.15) is 0 Å². The number of nitrogens with one attached hydrogen (secondary N) is 1. The predicted molar refractivity (Wildman–Crippen MR) is 84.8 cm³/mol. The Balaban J connectivity index is 1.80. The highest BCUT2D eigenvalue weighted by Crippen LogP contribution is 2.30. The van der Waals surface area contributed by atoms with Crippen molar-refractivity contribution >= 4 is 34.0 Å². The number of aromatic nitrogens is 2. The van der Waals surface area contributed by atoms with Gasteiger partial charge in [0.05, 0.1) is 5.69 Å². The fourth-order valence-electron chi connectivity index (χ4n) is 1.80. The Morgan fingerprint density at radius 2 is 1.90 bits per heavy atom. The standard InChI is InChI=1S/C15H10ClN3OS/c16-12-4-2-1-3-11(12)13-9-21-15(18-13)19-14(20)10-5-7-17-8-6-10/h1-9H,(H,18,19,20). The van der Waals surface area contributed by atoms with Crippen molar-refractivity contribution in [2.24, 2.45) is 0 Å². The Morgan fingerprint density at radius 3 is 2.67 bits per heavy atom. The van der Waals surface area contributed by atoms with E-state index in [0.29, 0.717) is 15.7 Å². The van der Waals surface area contributed by atoms with E-state index in [4.69, 9.17) is 11.6 Å². The Morgan fingerprint density at radius 1 is 1.14 bits per heavy atom. The third-order valence-corrected chi connectivity index (χ3v) is 3.90. The average molecular weight is 316 g/mol. The van der Waals surface area contributed by atoms with Crippen LogP contribution in [0.3, 0.4) is 0 Å². The number of carbonyl (C=O) groups is 1. The zero-order valence-corrected chi connectivity index (χ0v) is 12.4. The number of thiazole rings is 1. The minimum Gasteiger partial charge on any atom is -0.298 e. The van der Waals surface area contributed by atoms with E-state index in [9.17, 15) is 4.79 Å². The fourth-order valence-corrected chi connectivity index (χ4v) is 2.73. The van der Waals surface area contributed by atoms with Crippen molar-refractivity contribution in [1.29, 1.82) is 0 Å². The van der Waals surface area contributed by atoms with E-state index in [0.717, 1.165) is 11.3 Å². The van der Waals surface area contributed by atoms with Crippen LogP contribution in [0.2, 0.25) is 5.02 Å². The van der Waals surface area contributed by atoms with Crippen LogP contribution in [0.5, 0.6) is 0 Å². The van der Waals surface area contributed by atoms with Crippen LogP contribution >= 0.6 is 22.9 Å². The number of halogens is 1. The maximum Gasteiger partial charge on any atom is 0.257 e. The lowest BCUT2D eigenvalue weighted by atomic mass is 10.2. The molecule has 0 spiro atoms. The molecule has 0 unspecified atom stereocenters. The molecule has 0 aliphatic heterocycles. The lowest BCUT2D eigenvalue weighted by Crippen LogP contribution is -2.11. The van der Waals surface area contributed by atoms with Gasteiger partial charge in [-0.1, -0.05) is 29.8 Å². The third kappa shape index (κ3) is 3.09. The molecule has 0 radical (unpaired) electrons. The molecule has 0 fully saturated rings. The maximum absolute atomic E-state index is 12.0. The van der Waals surface area contributed by atoms with Crippen LogP contribution in [0.25, 0.3) is 11.3 Å². The van der Waals surface area contributed by atoms with E-state index < -0.39 is 0 Å². The summed E-state index contributed by atoms with van der Waals surface area (Å²) in [6, 6.07) is 10.8. The van der Waals surface area contributed by atoms with Gasteiger partial charge in [-0.15, -0.1) is 11.3 Å². The molecule has 2 aromatic heterocycles. The topological polar surface area (TPSA) is 54.9 Å². The van der Waals surface area contributed by atoms with Gasteiger partial charge in [-0.05, 0) is 18.2 Å². The lowest BCUT2D eigenvalue weighted by Gasteiger charge is -2.01. The summed E-state index contributed by atoms with van der Waals surface area (Å²) >= 11 is 7.50. The van der Waals surface area contributed by atoms with Crippen LogP contribution in [0.4, 0.5) is 5.13 Å². The summed E-state index contributed by atoms with van der Waals surface area (Å²) in [7, 11) is 0. The predicted octanol–water partition coefficient (Wildman–Crippen LogP) is 4.11. The van der Waals surface area contributed by atoms with Crippen molar-refractivity contribution in [3.8, 4) is 11.3 Å². The van der Waals surface area contributed by atoms with Crippen LogP contribution in [-0.2, 0) is 0 Å². The summed E-state index contributed by atoms with van der Waals surface area (Å²) in [5.41, 5.74) is 2.13. The van der Waals surface area contributed by atoms with Crippen molar-refractivity contribution in [2.45, 2.75) is 0 Å². The Labute approximate surface area is 130 Å². The van der Waals surface area contributed by atoms with Gasteiger partial charge in [-0.25, -0.2) is 4.98 Å². The van der Waals surface area contributed by atoms with Crippen molar-refractivity contribution in [2.75, 3.05) is 5.32 Å². The highest BCUT2D eigenvalue weighted by molar-refractivity contribution is 7.14. The number of pyridine rings is 1. The van der Waals surface area contributed by atoms with Crippen LogP contribution in [-0.4, -0.2) is 15.9 Å². The average Bonchev–Trinajstić information content (AvgIpc) is 2.97. The molecule has 0 aliphatic rings. The van der Waals surface area contributed by atoms with E-state index in [1.54, 1.807) is 24.5 Å². The monoisotopic (exact) mass is 315 g/mol. The van der Waals surface area contributed by atoms with Gasteiger partial charge in [0.2, 0.25) is 0 Å². The molecular formula is C15H10ClN3OS. The number of anilines is 1. The van der Waals surface area contributed by atoms with Gasteiger partial charge in [0.1, 0.15) is 0 Å². The number of carbonyl (C=O) groups excluding carboxylic acids is 1. The van der Waals surface area contributed by atoms with Crippen molar-refractivity contribution < 1.29 is 4.79 Å². The summed E-state index contributed by atoms with van der Waals surface area (Å²) in [5, 5.41) is 5.80. The summed E-state index contributed by atoms with van der Waals surface area (Å²) in [4.78, 5) is 20.3. The normalized spacial score (nSPS) is 10.3. The van der Waals surface area contributed by atoms with Gasteiger partial charge in [0, 0.05) is 33.9 Å². The summed E-state index contributed by atoms with van der Waals surface area (Å²) < 4.78 is 0. The van der Waals surface area contributed by atoms with E-state index >= 15 is 0 Å². The molecule has 21 heavy (non-hydrogen) atoms. The molecular weight excluding hydrogens is 306 g/mol. The number of amides is 1. The summed E-state index contributed by atoms with van der Waals surface area (Å²) in [6.45, 7) is 0. The minimum atomic E-state index is -0.211. The highest BCUT2D eigenvalue weighted by Gasteiger charge is 2.11. The molecule has 2 heterocycles. The quantitative estimate of drug-likeness (QED) is 0.791. The molecule has 1 N–H and O–H groups in total. The van der Waals surface area contributed by atoms with E-state index in [1.807, 2.05) is 29.6 Å². The van der Waals surface area contributed by atoms with E-state index in [-0.39, 0.29) is 5.91 Å². The van der Waals surface area contributed by atoms with Gasteiger partial charge in [-0.3, -0.25) is 15.1 Å². The fraction of sp³-hybridized carbons (Fsp3) is 0. The first-order valence-electron chi connectivity index (χ1n) is 6.16. The van der Waals surface area contributed by atoms with Crippen LogP contribution in [0.1, 0.15) is 10.4 Å². The molecule has 3 rings (SSSR count). The van der Waals surface area contributed by atoms with Gasteiger partial charge in [0.25, 0.3) is 5.91 Å². The smallest absolute Gasteiger partial charge is 0.257 e. The summed E-state index contributed by atoms with van der Waals surface area (Å²) in [5.74, 6) is -0.211. The number of benzene rings is 1. The zero-order chi connectivity index (χ0) is 14.7. The molecule has 0 bridgehead atoms. The second kappa shape index (κ2) is 6.03. The van der Waals surface area contributed by atoms with Crippen LogP contribution in [0, 0.1) is 0 Å².